The standard InChI is InChI=1S/C18H14F2N6/c19-11-5-6-12-14(7-11)26(9-10-3-1-2-4-13(10)20)25-17(12)18-23-15(21)8-16(22)24-18/h1-8H,9H2,(H4,21,22,23,24). The fraction of sp³-hybridized carbons (Fsp3) is 0.0556. The molecule has 0 spiro atoms. The van der Waals surface area contributed by atoms with Crippen molar-refractivity contribution in [1.29, 1.82) is 0 Å². The first kappa shape index (κ1) is 15.9. The van der Waals surface area contributed by atoms with Crippen LogP contribution < -0.4 is 11.5 Å². The van der Waals surface area contributed by atoms with Crippen molar-refractivity contribution in [2.45, 2.75) is 6.54 Å². The van der Waals surface area contributed by atoms with E-state index in [9.17, 15) is 8.78 Å². The van der Waals surface area contributed by atoms with E-state index in [0.717, 1.165) is 0 Å². The fourth-order valence-electron chi connectivity index (χ4n) is 2.81. The Morgan fingerprint density at radius 2 is 1.65 bits per heavy atom. The molecule has 0 aliphatic heterocycles. The lowest BCUT2D eigenvalue weighted by molar-refractivity contribution is 0.589. The molecule has 0 fully saturated rings. The van der Waals surface area contributed by atoms with E-state index < -0.39 is 5.82 Å². The lowest BCUT2D eigenvalue weighted by Gasteiger charge is -2.05. The van der Waals surface area contributed by atoms with E-state index in [1.165, 1.54) is 28.9 Å². The minimum absolute atomic E-state index is 0.129. The van der Waals surface area contributed by atoms with Gasteiger partial charge in [0.15, 0.2) is 5.82 Å². The van der Waals surface area contributed by atoms with Gasteiger partial charge in [-0.15, -0.1) is 0 Å². The number of halogens is 2. The molecule has 4 N–H and O–H groups in total. The van der Waals surface area contributed by atoms with Gasteiger partial charge < -0.3 is 11.5 Å². The van der Waals surface area contributed by atoms with Crippen molar-refractivity contribution in [1.82, 2.24) is 19.7 Å². The quantitative estimate of drug-likeness (QED) is 0.591. The first-order valence-electron chi connectivity index (χ1n) is 7.81. The zero-order valence-electron chi connectivity index (χ0n) is 13.5. The minimum Gasteiger partial charge on any atom is -0.384 e. The SMILES string of the molecule is Nc1cc(N)nc(-c2nn(Cc3ccccc3F)c3cc(F)ccc23)n1. The monoisotopic (exact) mass is 352 g/mol. The Kier molecular flexibility index (Phi) is 3.72. The van der Waals surface area contributed by atoms with Crippen LogP contribution in [0.4, 0.5) is 20.4 Å². The second kappa shape index (κ2) is 6.07. The minimum atomic E-state index is -0.424. The first-order chi connectivity index (χ1) is 12.5. The molecule has 4 aromatic rings. The van der Waals surface area contributed by atoms with Crippen LogP contribution in [-0.4, -0.2) is 19.7 Å². The van der Waals surface area contributed by atoms with Gasteiger partial charge in [-0.1, -0.05) is 18.2 Å². The molecule has 0 atom stereocenters. The maximum absolute atomic E-state index is 14.0. The van der Waals surface area contributed by atoms with Crippen molar-refractivity contribution < 1.29 is 8.78 Å². The number of aromatic nitrogens is 4. The Morgan fingerprint density at radius 3 is 2.38 bits per heavy atom. The molecule has 2 heterocycles. The van der Waals surface area contributed by atoms with Crippen LogP contribution in [0.2, 0.25) is 0 Å². The second-order valence-electron chi connectivity index (χ2n) is 5.80. The predicted octanol–water partition coefficient (Wildman–Crippen LogP) is 2.98. The lowest BCUT2D eigenvalue weighted by Crippen LogP contribution is -2.05. The van der Waals surface area contributed by atoms with Gasteiger partial charge in [-0.05, 0) is 24.3 Å². The number of fused-ring (bicyclic) bond motifs is 1. The van der Waals surface area contributed by atoms with Crippen molar-refractivity contribution in [2.75, 3.05) is 11.5 Å². The molecule has 0 aliphatic rings. The molecular formula is C18H14F2N6. The fourth-order valence-corrected chi connectivity index (χ4v) is 2.81. The molecule has 4 rings (SSSR count). The Labute approximate surface area is 147 Å². The lowest BCUT2D eigenvalue weighted by atomic mass is 10.2. The number of benzene rings is 2. The second-order valence-corrected chi connectivity index (χ2v) is 5.80. The van der Waals surface area contributed by atoms with Gasteiger partial charge in [0.25, 0.3) is 0 Å². The molecule has 0 bridgehead atoms. The van der Waals surface area contributed by atoms with Crippen LogP contribution in [-0.2, 0) is 6.54 Å². The predicted molar refractivity (Wildman–Crippen MR) is 95.0 cm³/mol. The van der Waals surface area contributed by atoms with Crippen LogP contribution in [0.25, 0.3) is 22.4 Å². The third kappa shape index (κ3) is 2.81. The summed E-state index contributed by atoms with van der Waals surface area (Å²) in [5.41, 5.74) is 12.8. The van der Waals surface area contributed by atoms with E-state index in [2.05, 4.69) is 15.1 Å². The number of anilines is 2. The van der Waals surface area contributed by atoms with Crippen LogP contribution in [0.5, 0.6) is 0 Å². The van der Waals surface area contributed by atoms with Crippen molar-refractivity contribution in [2.24, 2.45) is 0 Å². The Balaban J connectivity index is 1.91. The number of rotatable bonds is 3. The molecule has 2 aromatic carbocycles. The average molecular weight is 352 g/mol. The topological polar surface area (TPSA) is 95.6 Å². The van der Waals surface area contributed by atoms with Gasteiger partial charge in [0, 0.05) is 17.0 Å². The summed E-state index contributed by atoms with van der Waals surface area (Å²) in [5.74, 6) is -0.158. The molecule has 0 radical (unpaired) electrons. The highest BCUT2D eigenvalue weighted by Crippen LogP contribution is 2.28. The summed E-state index contributed by atoms with van der Waals surface area (Å²) in [5, 5.41) is 5.08. The Bertz CT molecular complexity index is 1100. The molecule has 0 saturated carbocycles. The van der Waals surface area contributed by atoms with Gasteiger partial charge in [0.2, 0.25) is 0 Å². The maximum Gasteiger partial charge on any atom is 0.184 e. The summed E-state index contributed by atoms with van der Waals surface area (Å²) in [7, 11) is 0. The van der Waals surface area contributed by atoms with Crippen LogP contribution >= 0.6 is 0 Å². The highest BCUT2D eigenvalue weighted by molar-refractivity contribution is 5.92. The van der Waals surface area contributed by atoms with E-state index >= 15 is 0 Å². The Hall–Kier alpha value is -3.55. The highest BCUT2D eigenvalue weighted by Gasteiger charge is 2.17. The van der Waals surface area contributed by atoms with E-state index in [1.807, 2.05) is 0 Å². The maximum atomic E-state index is 14.0. The van der Waals surface area contributed by atoms with Crippen LogP contribution in [0.15, 0.2) is 48.5 Å². The molecule has 0 saturated heterocycles. The zero-order chi connectivity index (χ0) is 18.3. The number of nitrogens with two attached hydrogens (primary N) is 2. The smallest absolute Gasteiger partial charge is 0.184 e. The molecule has 0 aliphatic carbocycles. The molecule has 6 nitrogen and oxygen atoms in total. The largest absolute Gasteiger partial charge is 0.384 e. The summed E-state index contributed by atoms with van der Waals surface area (Å²) in [4.78, 5) is 8.32. The Morgan fingerprint density at radius 1 is 0.923 bits per heavy atom. The highest BCUT2D eigenvalue weighted by atomic mass is 19.1. The number of nitrogens with zero attached hydrogens (tertiary/aromatic N) is 4. The van der Waals surface area contributed by atoms with Gasteiger partial charge in [0.05, 0.1) is 12.1 Å². The summed E-state index contributed by atoms with van der Waals surface area (Å²) in [6.45, 7) is 0.129. The molecule has 130 valence electrons. The summed E-state index contributed by atoms with van der Waals surface area (Å²) >= 11 is 0. The van der Waals surface area contributed by atoms with Crippen LogP contribution in [0, 0.1) is 11.6 Å². The molecule has 8 heteroatoms. The van der Waals surface area contributed by atoms with Crippen molar-refractivity contribution in [3.63, 3.8) is 0 Å². The van der Waals surface area contributed by atoms with Gasteiger partial charge in [-0.2, -0.15) is 5.10 Å². The summed E-state index contributed by atoms with van der Waals surface area (Å²) in [6, 6.07) is 12.0. The van der Waals surface area contributed by atoms with Gasteiger partial charge in [-0.25, -0.2) is 18.7 Å². The first-order valence-corrected chi connectivity index (χ1v) is 7.81. The third-order valence-corrected chi connectivity index (χ3v) is 3.97. The van der Waals surface area contributed by atoms with Crippen molar-refractivity contribution >= 4 is 22.5 Å². The van der Waals surface area contributed by atoms with Gasteiger partial charge >= 0.3 is 0 Å². The van der Waals surface area contributed by atoms with E-state index in [1.54, 1.807) is 24.3 Å². The molecular weight excluding hydrogens is 338 g/mol. The van der Waals surface area contributed by atoms with E-state index in [0.29, 0.717) is 22.2 Å². The van der Waals surface area contributed by atoms with E-state index in [-0.39, 0.29) is 29.8 Å². The number of hydrogen-bond acceptors (Lipinski definition) is 5. The number of nitrogen functional groups attached to an aromatic ring is 2. The third-order valence-electron chi connectivity index (χ3n) is 3.97. The van der Waals surface area contributed by atoms with E-state index in [4.69, 9.17) is 11.5 Å². The van der Waals surface area contributed by atoms with Crippen molar-refractivity contribution in [3.05, 3.63) is 65.7 Å². The summed E-state index contributed by atoms with van der Waals surface area (Å²) in [6.07, 6.45) is 0. The molecule has 2 aromatic heterocycles. The van der Waals surface area contributed by atoms with Crippen molar-refractivity contribution in [3.8, 4) is 11.5 Å². The molecule has 0 unspecified atom stereocenters. The van der Waals surface area contributed by atoms with Crippen LogP contribution in [0.1, 0.15) is 5.56 Å². The molecule has 26 heavy (non-hydrogen) atoms. The van der Waals surface area contributed by atoms with Crippen LogP contribution in [0.3, 0.4) is 0 Å². The normalized spacial score (nSPS) is 11.2. The van der Waals surface area contributed by atoms with Gasteiger partial charge in [0.1, 0.15) is 29.0 Å². The number of hydrogen-bond donors (Lipinski definition) is 2. The summed E-state index contributed by atoms with van der Waals surface area (Å²) < 4.78 is 29.3. The zero-order valence-corrected chi connectivity index (χ0v) is 13.5. The molecule has 0 amide bonds. The average Bonchev–Trinajstić information content (AvgIpc) is 2.94. The van der Waals surface area contributed by atoms with Gasteiger partial charge in [-0.3, -0.25) is 4.68 Å².